The number of rotatable bonds is 6. The van der Waals surface area contributed by atoms with E-state index in [9.17, 15) is 14.4 Å². The lowest BCUT2D eigenvalue weighted by Gasteiger charge is -2.21. The quantitative estimate of drug-likeness (QED) is 0.860. The number of carbonyl (C=O) groups excluding carboxylic acids is 1. The topological polar surface area (TPSA) is 88.3 Å². The molecule has 0 bridgehead atoms. The minimum Gasteiger partial charge on any atom is -0.464 e. The van der Waals surface area contributed by atoms with Crippen molar-refractivity contribution in [1.29, 1.82) is 0 Å². The largest absolute Gasteiger partial charge is 0.464 e. The van der Waals surface area contributed by atoms with Gasteiger partial charge in [-0.3, -0.25) is 19.1 Å². The third kappa shape index (κ3) is 3.45. The standard InChI is InChI=1S/C18H21N3O4/c1-11-8-14(11)15-5-4-13(25-15)9-21(12-2-3-12)17(23)10-20-7-6-16(22)19-18(20)24/h4-7,11-12,14H,2-3,8-10H2,1H3,(H,19,22,24)/t11-,14-/m1/s1. The highest BCUT2D eigenvalue weighted by molar-refractivity contribution is 5.76. The number of hydrogen-bond donors (Lipinski definition) is 1. The maximum Gasteiger partial charge on any atom is 0.328 e. The molecule has 1 amide bonds. The van der Waals surface area contributed by atoms with Crippen LogP contribution in [-0.4, -0.2) is 26.4 Å². The van der Waals surface area contributed by atoms with E-state index in [1.807, 2.05) is 12.1 Å². The molecule has 25 heavy (non-hydrogen) atoms. The van der Waals surface area contributed by atoms with Crippen LogP contribution in [-0.2, 0) is 17.9 Å². The van der Waals surface area contributed by atoms with Crippen molar-refractivity contribution in [2.75, 3.05) is 0 Å². The smallest absolute Gasteiger partial charge is 0.328 e. The van der Waals surface area contributed by atoms with E-state index in [1.165, 1.54) is 16.8 Å². The van der Waals surface area contributed by atoms with E-state index < -0.39 is 11.2 Å². The highest BCUT2D eigenvalue weighted by Gasteiger charge is 2.37. The van der Waals surface area contributed by atoms with Gasteiger partial charge < -0.3 is 9.32 Å². The van der Waals surface area contributed by atoms with Gasteiger partial charge in [0.2, 0.25) is 5.91 Å². The van der Waals surface area contributed by atoms with E-state index >= 15 is 0 Å². The number of hydrogen-bond acceptors (Lipinski definition) is 4. The number of carbonyl (C=O) groups is 1. The third-order valence-corrected chi connectivity index (χ3v) is 4.99. The lowest BCUT2D eigenvalue weighted by Crippen LogP contribution is -2.39. The van der Waals surface area contributed by atoms with Crippen molar-refractivity contribution >= 4 is 5.91 Å². The molecule has 2 heterocycles. The molecule has 2 aliphatic rings. The van der Waals surface area contributed by atoms with Crippen molar-refractivity contribution in [3.05, 3.63) is 56.8 Å². The van der Waals surface area contributed by atoms with Gasteiger partial charge in [0.05, 0.1) is 6.54 Å². The zero-order valence-corrected chi connectivity index (χ0v) is 14.1. The van der Waals surface area contributed by atoms with Gasteiger partial charge in [0.1, 0.15) is 18.1 Å². The summed E-state index contributed by atoms with van der Waals surface area (Å²) in [7, 11) is 0. The molecule has 2 atom stereocenters. The fourth-order valence-corrected chi connectivity index (χ4v) is 3.18. The Balaban J connectivity index is 1.47. The van der Waals surface area contributed by atoms with Crippen LogP contribution in [0.4, 0.5) is 0 Å². The molecule has 0 unspecified atom stereocenters. The van der Waals surface area contributed by atoms with Crippen LogP contribution in [0.15, 0.2) is 38.4 Å². The predicted molar refractivity (Wildman–Crippen MR) is 90.1 cm³/mol. The minimum atomic E-state index is -0.570. The molecule has 2 saturated carbocycles. The molecule has 1 N–H and O–H groups in total. The number of nitrogens with one attached hydrogen (secondary N) is 1. The SMILES string of the molecule is C[C@@H]1C[C@H]1c1ccc(CN(C(=O)Cn2ccc(=O)[nH]c2=O)C2CC2)o1. The number of aromatic nitrogens is 2. The molecule has 4 rings (SSSR count). The van der Waals surface area contributed by atoms with E-state index in [4.69, 9.17) is 4.42 Å². The van der Waals surface area contributed by atoms with Gasteiger partial charge in [0.25, 0.3) is 5.56 Å². The van der Waals surface area contributed by atoms with Crippen LogP contribution in [0.25, 0.3) is 0 Å². The first-order chi connectivity index (χ1) is 12.0. The lowest BCUT2D eigenvalue weighted by atomic mass is 10.3. The maximum atomic E-state index is 12.7. The number of aromatic amines is 1. The monoisotopic (exact) mass is 343 g/mol. The van der Waals surface area contributed by atoms with Crippen molar-refractivity contribution in [1.82, 2.24) is 14.5 Å². The fourth-order valence-electron chi connectivity index (χ4n) is 3.18. The Morgan fingerprint density at radius 1 is 1.32 bits per heavy atom. The van der Waals surface area contributed by atoms with Crippen LogP contribution in [0.3, 0.4) is 0 Å². The molecule has 0 saturated heterocycles. The number of furan rings is 1. The van der Waals surface area contributed by atoms with E-state index in [2.05, 4.69) is 11.9 Å². The lowest BCUT2D eigenvalue weighted by molar-refractivity contribution is -0.133. The average molecular weight is 343 g/mol. The van der Waals surface area contributed by atoms with E-state index in [0.717, 1.165) is 30.8 Å². The van der Waals surface area contributed by atoms with Gasteiger partial charge >= 0.3 is 5.69 Å². The Morgan fingerprint density at radius 2 is 2.08 bits per heavy atom. The number of nitrogens with zero attached hydrogens (tertiary/aromatic N) is 2. The molecule has 0 aliphatic heterocycles. The van der Waals surface area contributed by atoms with Gasteiger partial charge in [-0.1, -0.05) is 6.92 Å². The first-order valence-corrected chi connectivity index (χ1v) is 8.69. The fraction of sp³-hybridized carbons (Fsp3) is 0.500. The molecule has 0 spiro atoms. The summed E-state index contributed by atoms with van der Waals surface area (Å²) >= 11 is 0. The van der Waals surface area contributed by atoms with Crippen molar-refractivity contribution in [3.8, 4) is 0 Å². The van der Waals surface area contributed by atoms with Crippen LogP contribution in [0, 0.1) is 5.92 Å². The van der Waals surface area contributed by atoms with Gasteiger partial charge in [-0.25, -0.2) is 4.79 Å². The van der Waals surface area contributed by atoms with Crippen LogP contribution in [0.1, 0.15) is 43.6 Å². The highest BCUT2D eigenvalue weighted by Crippen LogP contribution is 2.47. The molecule has 132 valence electrons. The predicted octanol–water partition coefficient (Wildman–Crippen LogP) is 1.44. The normalized spacial score (nSPS) is 22.0. The Kier molecular flexibility index (Phi) is 3.86. The summed E-state index contributed by atoms with van der Waals surface area (Å²) in [6.07, 6.45) is 4.45. The Labute approximate surface area is 144 Å². The van der Waals surface area contributed by atoms with Crippen LogP contribution >= 0.6 is 0 Å². The second-order valence-corrected chi connectivity index (χ2v) is 7.11. The molecule has 2 aromatic heterocycles. The summed E-state index contributed by atoms with van der Waals surface area (Å²) in [5.74, 6) is 2.82. The zero-order valence-electron chi connectivity index (χ0n) is 14.1. The first-order valence-electron chi connectivity index (χ1n) is 8.69. The van der Waals surface area contributed by atoms with Gasteiger partial charge in [0.15, 0.2) is 0 Å². The van der Waals surface area contributed by atoms with Gasteiger partial charge in [0, 0.05) is 24.2 Å². The minimum absolute atomic E-state index is 0.0840. The molecular weight excluding hydrogens is 322 g/mol. The third-order valence-electron chi connectivity index (χ3n) is 4.99. The number of H-pyrrole nitrogens is 1. The first kappa shape index (κ1) is 15.9. The molecule has 7 nitrogen and oxygen atoms in total. The summed E-state index contributed by atoms with van der Waals surface area (Å²) in [5.41, 5.74) is -1.04. The van der Waals surface area contributed by atoms with Gasteiger partial charge in [-0.15, -0.1) is 0 Å². The molecule has 2 fully saturated rings. The van der Waals surface area contributed by atoms with Crippen LogP contribution < -0.4 is 11.2 Å². The van der Waals surface area contributed by atoms with Crippen molar-refractivity contribution in [2.24, 2.45) is 5.92 Å². The highest BCUT2D eigenvalue weighted by atomic mass is 16.3. The Bertz CT molecular complexity index is 905. The van der Waals surface area contributed by atoms with Gasteiger partial charge in [-0.05, 0) is 37.3 Å². The second kappa shape index (κ2) is 6.06. The van der Waals surface area contributed by atoms with E-state index in [1.54, 1.807) is 4.90 Å². The van der Waals surface area contributed by atoms with Crippen LogP contribution in [0.2, 0.25) is 0 Å². The second-order valence-electron chi connectivity index (χ2n) is 7.11. The molecule has 0 radical (unpaired) electrons. The Hall–Kier alpha value is -2.57. The summed E-state index contributed by atoms with van der Waals surface area (Å²) in [6.45, 7) is 2.54. The summed E-state index contributed by atoms with van der Waals surface area (Å²) in [4.78, 5) is 39.5. The summed E-state index contributed by atoms with van der Waals surface area (Å²) in [5, 5.41) is 0. The van der Waals surface area contributed by atoms with E-state index in [-0.39, 0.29) is 18.5 Å². The van der Waals surface area contributed by atoms with Crippen molar-refractivity contribution in [2.45, 2.75) is 51.2 Å². The molecule has 7 heteroatoms. The molecule has 0 aromatic carbocycles. The molecule has 2 aromatic rings. The number of amides is 1. The summed E-state index contributed by atoms with van der Waals surface area (Å²) in [6, 6.07) is 5.39. The van der Waals surface area contributed by atoms with E-state index in [0.29, 0.717) is 18.4 Å². The zero-order chi connectivity index (χ0) is 17.6. The van der Waals surface area contributed by atoms with Gasteiger partial charge in [-0.2, -0.15) is 0 Å². The summed E-state index contributed by atoms with van der Waals surface area (Å²) < 4.78 is 7.14. The Morgan fingerprint density at radius 3 is 2.72 bits per heavy atom. The molecule has 2 aliphatic carbocycles. The van der Waals surface area contributed by atoms with Crippen molar-refractivity contribution < 1.29 is 9.21 Å². The average Bonchev–Trinajstić information content (AvgIpc) is 3.48. The van der Waals surface area contributed by atoms with Crippen LogP contribution in [0.5, 0.6) is 0 Å². The van der Waals surface area contributed by atoms with Crippen molar-refractivity contribution in [3.63, 3.8) is 0 Å². The molecular formula is C18H21N3O4. The maximum absolute atomic E-state index is 12.7.